The van der Waals surface area contributed by atoms with Gasteiger partial charge in [0.1, 0.15) is 22.6 Å². The van der Waals surface area contributed by atoms with Crippen molar-refractivity contribution in [1.82, 2.24) is 0 Å². The fraction of sp³-hybridized carbons (Fsp3) is 0.333. The van der Waals surface area contributed by atoms with Crippen molar-refractivity contribution < 1.29 is 9.47 Å². The fourth-order valence-electron chi connectivity index (χ4n) is 1.41. The minimum Gasteiger partial charge on any atom is -0.495 e. The molecule has 1 atom stereocenters. The molecule has 0 spiro atoms. The molecule has 2 N–H and O–H groups in total. The Kier molecular flexibility index (Phi) is 2.17. The predicted molar refractivity (Wildman–Crippen MR) is 53.1 cm³/mol. The summed E-state index contributed by atoms with van der Waals surface area (Å²) in [5, 5.41) is 0. The second-order valence-electron chi connectivity index (χ2n) is 2.92. The van der Waals surface area contributed by atoms with Crippen LogP contribution in [0.25, 0.3) is 0 Å². The number of benzene rings is 1. The lowest BCUT2D eigenvalue weighted by molar-refractivity contribution is 0.329. The SMILES string of the molecule is COc1ccc2c(c1Br)OC[C@H]2N. The summed E-state index contributed by atoms with van der Waals surface area (Å²) in [5.41, 5.74) is 6.85. The largest absolute Gasteiger partial charge is 0.495 e. The van der Waals surface area contributed by atoms with Crippen LogP contribution in [-0.4, -0.2) is 13.7 Å². The Balaban J connectivity index is 2.54. The maximum Gasteiger partial charge on any atom is 0.142 e. The number of hydrogen-bond acceptors (Lipinski definition) is 3. The standard InChI is InChI=1S/C9H10BrNO2/c1-12-7-3-2-5-6(11)4-13-9(5)8(7)10/h2-3,6H,4,11H2,1H3/t6-/m1/s1. The zero-order valence-corrected chi connectivity index (χ0v) is 8.80. The van der Waals surface area contributed by atoms with Crippen LogP contribution in [0.15, 0.2) is 16.6 Å². The van der Waals surface area contributed by atoms with E-state index in [2.05, 4.69) is 15.9 Å². The van der Waals surface area contributed by atoms with Gasteiger partial charge in [0.05, 0.1) is 13.2 Å². The lowest BCUT2D eigenvalue weighted by atomic mass is 10.1. The maximum absolute atomic E-state index is 5.82. The third-order valence-electron chi connectivity index (χ3n) is 2.12. The van der Waals surface area contributed by atoms with Gasteiger partial charge in [0.15, 0.2) is 0 Å². The van der Waals surface area contributed by atoms with Gasteiger partial charge in [0.25, 0.3) is 0 Å². The number of methoxy groups -OCH3 is 1. The Hall–Kier alpha value is -0.740. The zero-order chi connectivity index (χ0) is 9.42. The Morgan fingerprint density at radius 1 is 1.62 bits per heavy atom. The average Bonchev–Trinajstić information content (AvgIpc) is 2.50. The highest BCUT2D eigenvalue weighted by Crippen LogP contribution is 2.42. The van der Waals surface area contributed by atoms with Crippen LogP contribution in [0.5, 0.6) is 11.5 Å². The monoisotopic (exact) mass is 243 g/mol. The zero-order valence-electron chi connectivity index (χ0n) is 7.21. The molecule has 1 aromatic rings. The first-order valence-corrected chi connectivity index (χ1v) is 4.78. The van der Waals surface area contributed by atoms with Crippen molar-refractivity contribution in [3.05, 3.63) is 22.2 Å². The molecule has 13 heavy (non-hydrogen) atoms. The lowest BCUT2D eigenvalue weighted by Gasteiger charge is -2.07. The van der Waals surface area contributed by atoms with Gasteiger partial charge in [-0.15, -0.1) is 0 Å². The van der Waals surface area contributed by atoms with Gasteiger partial charge in [0, 0.05) is 5.56 Å². The van der Waals surface area contributed by atoms with Crippen molar-refractivity contribution in [3.8, 4) is 11.5 Å². The molecule has 0 unspecified atom stereocenters. The van der Waals surface area contributed by atoms with Gasteiger partial charge >= 0.3 is 0 Å². The second-order valence-corrected chi connectivity index (χ2v) is 3.71. The van der Waals surface area contributed by atoms with Crippen LogP contribution < -0.4 is 15.2 Å². The average molecular weight is 244 g/mol. The molecular formula is C9H10BrNO2. The van der Waals surface area contributed by atoms with E-state index in [4.69, 9.17) is 15.2 Å². The molecular weight excluding hydrogens is 234 g/mol. The van der Waals surface area contributed by atoms with Crippen LogP contribution >= 0.6 is 15.9 Å². The number of halogens is 1. The molecule has 2 rings (SSSR count). The quantitative estimate of drug-likeness (QED) is 0.819. The van der Waals surface area contributed by atoms with Crippen LogP contribution in [0.2, 0.25) is 0 Å². The fourth-order valence-corrected chi connectivity index (χ4v) is 2.05. The molecule has 1 aliphatic rings. The van der Waals surface area contributed by atoms with Gasteiger partial charge in [-0.2, -0.15) is 0 Å². The van der Waals surface area contributed by atoms with E-state index in [0.717, 1.165) is 21.5 Å². The summed E-state index contributed by atoms with van der Waals surface area (Å²) in [4.78, 5) is 0. The van der Waals surface area contributed by atoms with Crippen LogP contribution in [-0.2, 0) is 0 Å². The number of rotatable bonds is 1. The number of hydrogen-bond donors (Lipinski definition) is 1. The molecule has 0 amide bonds. The van der Waals surface area contributed by atoms with Gasteiger partial charge in [-0.05, 0) is 28.1 Å². The summed E-state index contributed by atoms with van der Waals surface area (Å²) in [5.74, 6) is 1.58. The van der Waals surface area contributed by atoms with E-state index in [1.807, 2.05) is 12.1 Å². The van der Waals surface area contributed by atoms with Crippen LogP contribution in [0.4, 0.5) is 0 Å². The molecule has 4 heteroatoms. The number of fused-ring (bicyclic) bond motifs is 1. The van der Waals surface area contributed by atoms with Gasteiger partial charge in [-0.1, -0.05) is 0 Å². The summed E-state index contributed by atoms with van der Waals surface area (Å²) in [6, 6.07) is 3.81. The Labute approximate surface area is 85.0 Å². The van der Waals surface area contributed by atoms with Crippen LogP contribution in [0, 0.1) is 0 Å². The lowest BCUT2D eigenvalue weighted by Crippen LogP contribution is -2.10. The molecule has 0 aliphatic carbocycles. The van der Waals surface area contributed by atoms with E-state index in [-0.39, 0.29) is 6.04 Å². The van der Waals surface area contributed by atoms with Crippen molar-refractivity contribution in [2.24, 2.45) is 5.73 Å². The first kappa shape index (κ1) is 8.84. The van der Waals surface area contributed by atoms with Crippen molar-refractivity contribution in [1.29, 1.82) is 0 Å². The van der Waals surface area contributed by atoms with Gasteiger partial charge in [-0.3, -0.25) is 0 Å². The van der Waals surface area contributed by atoms with Gasteiger partial charge in [0.2, 0.25) is 0 Å². The van der Waals surface area contributed by atoms with Crippen molar-refractivity contribution in [2.75, 3.05) is 13.7 Å². The number of nitrogens with two attached hydrogens (primary N) is 1. The molecule has 1 aliphatic heterocycles. The molecule has 0 saturated heterocycles. The normalized spacial score (nSPS) is 19.5. The van der Waals surface area contributed by atoms with Crippen molar-refractivity contribution in [2.45, 2.75) is 6.04 Å². The van der Waals surface area contributed by atoms with E-state index in [1.54, 1.807) is 7.11 Å². The highest BCUT2D eigenvalue weighted by molar-refractivity contribution is 9.10. The minimum atomic E-state index is -0.0165. The van der Waals surface area contributed by atoms with E-state index >= 15 is 0 Å². The highest BCUT2D eigenvalue weighted by Gasteiger charge is 2.24. The maximum atomic E-state index is 5.82. The van der Waals surface area contributed by atoms with Gasteiger partial charge < -0.3 is 15.2 Å². The van der Waals surface area contributed by atoms with Crippen LogP contribution in [0.1, 0.15) is 11.6 Å². The van der Waals surface area contributed by atoms with E-state index in [0.29, 0.717) is 6.61 Å². The van der Waals surface area contributed by atoms with Crippen LogP contribution in [0.3, 0.4) is 0 Å². The molecule has 0 radical (unpaired) electrons. The Morgan fingerprint density at radius 2 is 2.38 bits per heavy atom. The second kappa shape index (κ2) is 3.20. The number of ether oxygens (including phenoxy) is 2. The molecule has 3 nitrogen and oxygen atoms in total. The van der Waals surface area contributed by atoms with E-state index in [9.17, 15) is 0 Å². The topological polar surface area (TPSA) is 44.5 Å². The smallest absolute Gasteiger partial charge is 0.142 e. The molecule has 0 bridgehead atoms. The summed E-state index contributed by atoms with van der Waals surface area (Å²) >= 11 is 3.41. The van der Waals surface area contributed by atoms with Gasteiger partial charge in [-0.25, -0.2) is 0 Å². The molecule has 1 heterocycles. The summed E-state index contributed by atoms with van der Waals surface area (Å²) in [7, 11) is 1.63. The Bertz CT molecular complexity index is 341. The first-order chi connectivity index (χ1) is 6.24. The molecule has 1 aromatic carbocycles. The van der Waals surface area contributed by atoms with Crippen molar-refractivity contribution in [3.63, 3.8) is 0 Å². The summed E-state index contributed by atoms with van der Waals surface area (Å²) < 4.78 is 11.4. The third-order valence-corrected chi connectivity index (χ3v) is 2.87. The summed E-state index contributed by atoms with van der Waals surface area (Å²) in [6.45, 7) is 0.543. The summed E-state index contributed by atoms with van der Waals surface area (Å²) in [6.07, 6.45) is 0. The predicted octanol–water partition coefficient (Wildman–Crippen LogP) is 1.85. The third kappa shape index (κ3) is 1.30. The molecule has 70 valence electrons. The Morgan fingerprint density at radius 3 is 3.08 bits per heavy atom. The molecule has 0 aromatic heterocycles. The van der Waals surface area contributed by atoms with E-state index < -0.39 is 0 Å². The minimum absolute atomic E-state index is 0.0165. The highest BCUT2D eigenvalue weighted by atomic mass is 79.9. The molecule has 0 saturated carbocycles. The van der Waals surface area contributed by atoms with Crippen molar-refractivity contribution >= 4 is 15.9 Å². The first-order valence-electron chi connectivity index (χ1n) is 3.99. The van der Waals surface area contributed by atoms with E-state index in [1.165, 1.54) is 0 Å². The molecule has 0 fully saturated rings.